The Morgan fingerprint density at radius 3 is 2.18 bits per heavy atom. The quantitative estimate of drug-likeness (QED) is 0.672. The molecule has 1 unspecified atom stereocenters. The van der Waals surface area contributed by atoms with Gasteiger partial charge < -0.3 is 15.4 Å². The molecule has 0 rings (SSSR count). The fourth-order valence-electron chi connectivity index (χ4n) is 0.863. The molecular weight excluding hydrogens is 224 g/mol. The van der Waals surface area contributed by atoms with Gasteiger partial charge >= 0.3 is 5.97 Å². The lowest BCUT2D eigenvalue weighted by Crippen LogP contribution is -2.49. The van der Waals surface area contributed by atoms with Crippen LogP contribution in [-0.4, -0.2) is 37.5 Å². The van der Waals surface area contributed by atoms with E-state index in [1.807, 2.05) is 0 Å². The molecule has 0 aliphatic rings. The molecule has 0 aromatic heterocycles. The first-order chi connectivity index (χ1) is 7.68. The number of carbonyl (C=O) groups is 3. The van der Waals surface area contributed by atoms with Crippen LogP contribution in [0.1, 0.15) is 27.7 Å². The Labute approximate surface area is 101 Å². The molecule has 0 spiro atoms. The molecule has 98 valence electrons. The van der Waals surface area contributed by atoms with Crippen LogP contribution in [0.15, 0.2) is 0 Å². The summed E-state index contributed by atoms with van der Waals surface area (Å²) in [7, 11) is 1.24. The molecular formula is C11H20N2O4. The predicted molar refractivity (Wildman–Crippen MR) is 62.1 cm³/mol. The SMILES string of the molecule is COC(=O)CNC(=O)C(C)NC(=O)C(C)(C)C. The minimum absolute atomic E-state index is 0.203. The minimum Gasteiger partial charge on any atom is -0.468 e. The zero-order valence-corrected chi connectivity index (χ0v) is 10.9. The molecule has 0 aromatic carbocycles. The molecule has 0 aromatic rings. The Balaban J connectivity index is 4.15. The largest absolute Gasteiger partial charge is 0.468 e. The molecule has 0 fully saturated rings. The van der Waals surface area contributed by atoms with Gasteiger partial charge in [-0.2, -0.15) is 0 Å². The maximum atomic E-state index is 11.6. The van der Waals surface area contributed by atoms with Crippen molar-refractivity contribution in [3.05, 3.63) is 0 Å². The van der Waals surface area contributed by atoms with Crippen molar-refractivity contribution in [1.82, 2.24) is 10.6 Å². The van der Waals surface area contributed by atoms with Crippen molar-refractivity contribution in [3.8, 4) is 0 Å². The highest BCUT2D eigenvalue weighted by atomic mass is 16.5. The Morgan fingerprint density at radius 1 is 1.24 bits per heavy atom. The van der Waals surface area contributed by atoms with Gasteiger partial charge in [0.25, 0.3) is 0 Å². The van der Waals surface area contributed by atoms with E-state index in [9.17, 15) is 14.4 Å². The molecule has 0 saturated heterocycles. The summed E-state index contributed by atoms with van der Waals surface area (Å²) in [5, 5.41) is 4.92. The van der Waals surface area contributed by atoms with Crippen molar-refractivity contribution in [2.24, 2.45) is 5.41 Å². The summed E-state index contributed by atoms with van der Waals surface area (Å²) in [5.74, 6) is -1.18. The lowest BCUT2D eigenvalue weighted by molar-refractivity contribution is -0.141. The molecule has 1 atom stereocenters. The molecule has 0 aliphatic heterocycles. The Bertz CT molecular complexity index is 307. The number of rotatable bonds is 4. The number of hydrogen-bond donors (Lipinski definition) is 2. The van der Waals surface area contributed by atoms with Crippen LogP contribution in [0.5, 0.6) is 0 Å². The number of ether oxygens (including phenoxy) is 1. The van der Waals surface area contributed by atoms with Gasteiger partial charge in [-0.1, -0.05) is 20.8 Å². The van der Waals surface area contributed by atoms with Crippen LogP contribution in [0.25, 0.3) is 0 Å². The Kier molecular flexibility index (Phi) is 5.64. The van der Waals surface area contributed by atoms with Gasteiger partial charge in [0, 0.05) is 5.41 Å². The van der Waals surface area contributed by atoms with E-state index >= 15 is 0 Å². The number of carbonyl (C=O) groups excluding carboxylic acids is 3. The molecule has 17 heavy (non-hydrogen) atoms. The minimum atomic E-state index is -0.689. The van der Waals surface area contributed by atoms with E-state index in [1.54, 1.807) is 27.7 Å². The van der Waals surface area contributed by atoms with Gasteiger partial charge in [-0.15, -0.1) is 0 Å². The standard InChI is InChI=1S/C11H20N2O4/c1-7(13-10(16)11(2,3)4)9(15)12-6-8(14)17-5/h7H,6H2,1-5H3,(H,12,15)(H,13,16). The normalized spacial score (nSPS) is 12.5. The van der Waals surface area contributed by atoms with E-state index in [-0.39, 0.29) is 12.5 Å². The number of hydrogen-bond acceptors (Lipinski definition) is 4. The average molecular weight is 244 g/mol. The zero-order chi connectivity index (χ0) is 13.6. The highest BCUT2D eigenvalue weighted by molar-refractivity contribution is 5.90. The van der Waals surface area contributed by atoms with Gasteiger partial charge in [-0.05, 0) is 6.92 Å². The van der Waals surface area contributed by atoms with Gasteiger partial charge in [0.1, 0.15) is 12.6 Å². The third-order valence-electron chi connectivity index (χ3n) is 2.06. The van der Waals surface area contributed by atoms with Crippen LogP contribution in [0.3, 0.4) is 0 Å². The topological polar surface area (TPSA) is 84.5 Å². The second kappa shape index (κ2) is 6.22. The third kappa shape index (κ3) is 5.89. The van der Waals surface area contributed by atoms with Crippen molar-refractivity contribution in [3.63, 3.8) is 0 Å². The van der Waals surface area contributed by atoms with Crippen LogP contribution in [0.4, 0.5) is 0 Å². The molecule has 0 aliphatic carbocycles. The van der Waals surface area contributed by atoms with E-state index in [4.69, 9.17) is 0 Å². The number of esters is 1. The van der Waals surface area contributed by atoms with E-state index in [0.29, 0.717) is 0 Å². The summed E-state index contributed by atoms with van der Waals surface area (Å²) < 4.78 is 4.37. The van der Waals surface area contributed by atoms with E-state index in [0.717, 1.165) is 0 Å². The van der Waals surface area contributed by atoms with Crippen molar-refractivity contribution in [1.29, 1.82) is 0 Å². The van der Waals surface area contributed by atoms with Crippen molar-refractivity contribution in [2.75, 3.05) is 13.7 Å². The molecule has 0 saturated carbocycles. The van der Waals surface area contributed by atoms with Crippen molar-refractivity contribution >= 4 is 17.8 Å². The van der Waals surface area contributed by atoms with Crippen LogP contribution in [0.2, 0.25) is 0 Å². The molecule has 0 heterocycles. The fourth-order valence-corrected chi connectivity index (χ4v) is 0.863. The first-order valence-electron chi connectivity index (χ1n) is 5.34. The Morgan fingerprint density at radius 2 is 1.76 bits per heavy atom. The zero-order valence-electron chi connectivity index (χ0n) is 10.9. The second-order valence-electron chi connectivity index (χ2n) is 4.74. The van der Waals surface area contributed by atoms with Crippen LogP contribution >= 0.6 is 0 Å². The lowest BCUT2D eigenvalue weighted by atomic mass is 9.95. The predicted octanol–water partition coefficient (Wildman–Crippen LogP) is -0.174. The van der Waals surface area contributed by atoms with Gasteiger partial charge in [0.2, 0.25) is 11.8 Å². The molecule has 2 N–H and O–H groups in total. The molecule has 6 heteroatoms. The van der Waals surface area contributed by atoms with Crippen LogP contribution in [-0.2, 0) is 19.1 Å². The summed E-state index contributed by atoms with van der Waals surface area (Å²) in [6.45, 7) is 6.60. The number of methoxy groups -OCH3 is 1. The summed E-state index contributed by atoms with van der Waals surface area (Å²) in [6, 6.07) is -0.689. The second-order valence-corrected chi connectivity index (χ2v) is 4.74. The van der Waals surface area contributed by atoms with Gasteiger partial charge in [-0.3, -0.25) is 14.4 Å². The van der Waals surface area contributed by atoms with Crippen LogP contribution < -0.4 is 10.6 Å². The van der Waals surface area contributed by atoms with Gasteiger partial charge in [0.05, 0.1) is 7.11 Å². The summed E-state index contributed by atoms with van der Waals surface area (Å²) in [5.41, 5.74) is -0.559. The fraction of sp³-hybridized carbons (Fsp3) is 0.727. The maximum Gasteiger partial charge on any atom is 0.325 e. The highest BCUT2D eigenvalue weighted by Crippen LogP contribution is 2.12. The summed E-state index contributed by atoms with van der Waals surface area (Å²) >= 11 is 0. The first-order valence-corrected chi connectivity index (χ1v) is 5.34. The summed E-state index contributed by atoms with van der Waals surface area (Å²) in [4.78, 5) is 33.9. The van der Waals surface area contributed by atoms with Gasteiger partial charge in [-0.25, -0.2) is 0 Å². The third-order valence-corrected chi connectivity index (χ3v) is 2.06. The lowest BCUT2D eigenvalue weighted by Gasteiger charge is -2.21. The monoisotopic (exact) mass is 244 g/mol. The van der Waals surface area contributed by atoms with Crippen molar-refractivity contribution < 1.29 is 19.1 Å². The highest BCUT2D eigenvalue weighted by Gasteiger charge is 2.25. The molecule has 0 radical (unpaired) electrons. The van der Waals surface area contributed by atoms with Crippen molar-refractivity contribution in [2.45, 2.75) is 33.7 Å². The molecule has 0 bridgehead atoms. The maximum absolute atomic E-state index is 11.6. The number of nitrogens with one attached hydrogen (secondary N) is 2. The molecule has 2 amide bonds. The summed E-state index contributed by atoms with van der Waals surface area (Å²) in [6.07, 6.45) is 0. The first kappa shape index (κ1) is 15.4. The van der Waals surface area contributed by atoms with Gasteiger partial charge in [0.15, 0.2) is 0 Å². The van der Waals surface area contributed by atoms with Crippen LogP contribution in [0, 0.1) is 5.41 Å². The van der Waals surface area contributed by atoms with E-state index in [2.05, 4.69) is 15.4 Å². The number of amides is 2. The average Bonchev–Trinajstić information content (AvgIpc) is 2.23. The smallest absolute Gasteiger partial charge is 0.325 e. The Hall–Kier alpha value is -1.59. The van der Waals surface area contributed by atoms with E-state index in [1.165, 1.54) is 7.11 Å². The van der Waals surface area contributed by atoms with E-state index < -0.39 is 23.3 Å². The molecule has 6 nitrogen and oxygen atoms in total.